The summed E-state index contributed by atoms with van der Waals surface area (Å²) in [5, 5.41) is 56.2. The average molecular weight is 1150 g/mol. The molecule has 26 nitrogen and oxygen atoms in total. The fourth-order valence-corrected chi connectivity index (χ4v) is 8.51. The summed E-state index contributed by atoms with van der Waals surface area (Å²) >= 11 is 0. The molecule has 0 spiro atoms. The van der Waals surface area contributed by atoms with Gasteiger partial charge in [-0.15, -0.1) is 0 Å². The first-order valence-electron chi connectivity index (χ1n) is 27.4. The van der Waals surface area contributed by atoms with E-state index in [1.165, 1.54) is 12.4 Å². The number of Topliss-reactive ketones (excluding diaryl/α,β-unsaturated/α-hetero) is 3. The number of anilines is 8. The number of aliphatic hydroxyl groups is 3. The minimum absolute atomic E-state index is 0.0269. The van der Waals surface area contributed by atoms with E-state index >= 15 is 0 Å². The summed E-state index contributed by atoms with van der Waals surface area (Å²) in [5.41, 5.74) is 5.75. The van der Waals surface area contributed by atoms with E-state index in [1.807, 2.05) is 52.0 Å². The summed E-state index contributed by atoms with van der Waals surface area (Å²) < 4.78 is 20.7. The monoisotopic (exact) mass is 1150 g/mol. The molecule has 9 rings (SSSR count). The second kappa shape index (κ2) is 30.1. The number of nitrogens with one attached hydrogen (secondary N) is 5. The second-order valence-corrected chi connectivity index (χ2v) is 19.7. The third-order valence-corrected chi connectivity index (χ3v) is 13.5. The SMILES string of the molecule is CCc1cc(Nc2cccnc2OC)nc2c(C(=O)CC[C@@H](C)CO)cnn12.CNc1cc(Nc2cccnc2OC)nc2c(C(=O)CCC(C)CO)cnn12.CNc1cc(Nc2cccnc2OC)nc2c(C(=O)CC[C@H](C)CO)cnn12. The summed E-state index contributed by atoms with van der Waals surface area (Å²) in [6.07, 6.45) is 13.1. The molecule has 0 aliphatic rings. The van der Waals surface area contributed by atoms with E-state index < -0.39 is 0 Å². The highest BCUT2D eigenvalue weighted by Crippen LogP contribution is 2.30. The van der Waals surface area contributed by atoms with Gasteiger partial charge in [0.15, 0.2) is 34.3 Å². The number of hydrogen-bond donors (Lipinski definition) is 8. The molecular weight excluding hydrogens is 1080 g/mol. The Bertz CT molecular complexity index is 3290. The Kier molecular flexibility index (Phi) is 22.3. The van der Waals surface area contributed by atoms with Gasteiger partial charge in [0.2, 0.25) is 17.6 Å². The maximum Gasteiger partial charge on any atom is 0.237 e. The molecule has 26 heteroatoms. The number of fused-ring (bicyclic) bond motifs is 3. The topological polar surface area (TPSA) is 329 Å². The summed E-state index contributed by atoms with van der Waals surface area (Å²) in [7, 11) is 8.20. The van der Waals surface area contributed by atoms with E-state index in [-0.39, 0.29) is 54.9 Å². The number of nitrogens with zero attached hydrogens (tertiary/aromatic N) is 12. The van der Waals surface area contributed by atoms with Gasteiger partial charge in [-0.05, 0) is 79.8 Å². The Morgan fingerprint density at radius 1 is 0.512 bits per heavy atom. The number of rotatable bonds is 27. The van der Waals surface area contributed by atoms with Crippen LogP contribution < -0.4 is 40.8 Å². The van der Waals surface area contributed by atoms with Crippen molar-refractivity contribution in [2.24, 2.45) is 17.8 Å². The lowest BCUT2D eigenvalue weighted by Crippen LogP contribution is -2.08. The molecule has 0 radical (unpaired) electrons. The van der Waals surface area contributed by atoms with Crippen LogP contribution in [0.25, 0.3) is 16.9 Å². The van der Waals surface area contributed by atoms with Gasteiger partial charge in [0.05, 0.1) is 56.6 Å². The van der Waals surface area contributed by atoms with Gasteiger partial charge in [-0.3, -0.25) is 14.4 Å². The van der Waals surface area contributed by atoms with Crippen LogP contribution in [0.5, 0.6) is 17.6 Å². The lowest BCUT2D eigenvalue weighted by atomic mass is 10.0. The maximum atomic E-state index is 12.7. The highest BCUT2D eigenvalue weighted by molar-refractivity contribution is 6.03. The third kappa shape index (κ3) is 15.4. The minimum atomic E-state index is -0.0547. The number of aromatic nitrogens is 12. The van der Waals surface area contributed by atoms with Crippen molar-refractivity contribution in [1.82, 2.24) is 58.7 Å². The van der Waals surface area contributed by atoms with Crippen LogP contribution >= 0.6 is 0 Å². The molecule has 3 atom stereocenters. The van der Waals surface area contributed by atoms with E-state index in [0.717, 1.165) is 12.1 Å². The third-order valence-electron chi connectivity index (χ3n) is 13.5. The van der Waals surface area contributed by atoms with Crippen molar-refractivity contribution in [3.8, 4) is 17.6 Å². The number of hydrogen-bond acceptors (Lipinski definition) is 23. The number of pyridine rings is 3. The van der Waals surface area contributed by atoms with Crippen molar-refractivity contribution in [2.75, 3.05) is 81.8 Å². The summed E-state index contributed by atoms with van der Waals surface area (Å²) in [5.74, 6) is 4.45. The number of aryl methyl sites for hydroxylation is 1. The fraction of sp³-hybridized carbons (Fsp3) is 0.379. The number of methoxy groups -OCH3 is 3. The molecule has 0 saturated heterocycles. The van der Waals surface area contributed by atoms with E-state index in [0.29, 0.717) is 136 Å². The van der Waals surface area contributed by atoms with Crippen molar-refractivity contribution in [2.45, 2.75) is 72.6 Å². The van der Waals surface area contributed by atoms with Crippen LogP contribution in [-0.2, 0) is 6.42 Å². The van der Waals surface area contributed by atoms with E-state index in [2.05, 4.69) is 71.8 Å². The molecule has 0 saturated carbocycles. The van der Waals surface area contributed by atoms with Crippen molar-refractivity contribution in [3.63, 3.8) is 0 Å². The van der Waals surface area contributed by atoms with Gasteiger partial charge in [-0.25, -0.2) is 34.4 Å². The zero-order valence-corrected chi connectivity index (χ0v) is 48.6. The zero-order chi connectivity index (χ0) is 60.3. The first-order chi connectivity index (χ1) is 40.7. The Hall–Kier alpha value is -9.40. The van der Waals surface area contributed by atoms with Gasteiger partial charge < -0.3 is 56.1 Å². The number of carbonyl (C=O) groups is 3. The van der Waals surface area contributed by atoms with Crippen LogP contribution in [0, 0.1) is 17.8 Å². The van der Waals surface area contributed by atoms with E-state index in [4.69, 9.17) is 24.4 Å². The maximum absolute atomic E-state index is 12.7. The van der Waals surface area contributed by atoms with Gasteiger partial charge in [-0.1, -0.05) is 27.7 Å². The summed E-state index contributed by atoms with van der Waals surface area (Å²) in [6, 6.07) is 16.4. The summed E-state index contributed by atoms with van der Waals surface area (Å²) in [4.78, 5) is 64.3. The van der Waals surface area contributed by atoms with Crippen molar-refractivity contribution in [1.29, 1.82) is 0 Å². The van der Waals surface area contributed by atoms with Crippen LogP contribution in [0.4, 0.5) is 46.2 Å². The lowest BCUT2D eigenvalue weighted by molar-refractivity contribution is 0.0961. The van der Waals surface area contributed by atoms with Crippen LogP contribution in [0.1, 0.15) is 103 Å². The Labute approximate surface area is 485 Å². The van der Waals surface area contributed by atoms with Gasteiger partial charge in [-0.2, -0.15) is 24.3 Å². The standard InChI is InChI=1S/C20H25N5O3.2C19H24N6O3/c1-4-14-10-18(23-16-6-5-9-21-20(16)28-3)24-19-15(11-22-25(14)19)17(27)8-7-13(2)12-26;2*1-12(11-26)6-7-15(27)13-10-22-25-17(20-2)9-16(24-18(13)25)23-14-5-4-8-21-19(14)28-3/h5-6,9-11,13,26H,4,7-8,12H2,1-3H3,(H,23,24);2*4-5,8-10,12,20,26H,6-7,11H2,1-3H3,(H,23,24)/t13-;12-;/m10./s1. The van der Waals surface area contributed by atoms with Crippen molar-refractivity contribution < 1.29 is 43.9 Å². The molecule has 0 aliphatic heterocycles. The Morgan fingerprint density at radius 3 is 1.14 bits per heavy atom. The molecule has 9 aromatic rings. The first kappa shape index (κ1) is 62.2. The minimum Gasteiger partial charge on any atom is -0.480 e. The quantitative estimate of drug-likeness (QED) is 0.0226. The van der Waals surface area contributed by atoms with E-state index in [1.54, 1.807) is 104 Å². The molecule has 0 amide bonds. The lowest BCUT2D eigenvalue weighted by Gasteiger charge is -2.12. The number of ketones is 3. The van der Waals surface area contributed by atoms with E-state index in [9.17, 15) is 19.5 Å². The molecule has 1 unspecified atom stereocenters. The van der Waals surface area contributed by atoms with Crippen LogP contribution in [0.15, 0.2) is 91.8 Å². The molecule has 0 aliphatic carbocycles. The highest BCUT2D eigenvalue weighted by atomic mass is 16.5. The Morgan fingerprint density at radius 2 is 0.833 bits per heavy atom. The molecule has 444 valence electrons. The van der Waals surface area contributed by atoms with Gasteiger partial charge >= 0.3 is 0 Å². The zero-order valence-electron chi connectivity index (χ0n) is 48.6. The van der Waals surface area contributed by atoms with Crippen molar-refractivity contribution >= 4 is 80.4 Å². The first-order valence-corrected chi connectivity index (χ1v) is 27.4. The predicted molar refractivity (Wildman–Crippen MR) is 319 cm³/mol. The highest BCUT2D eigenvalue weighted by Gasteiger charge is 2.22. The number of ether oxygens (including phenoxy) is 3. The number of aliphatic hydroxyl groups excluding tert-OH is 3. The fourth-order valence-electron chi connectivity index (χ4n) is 8.51. The predicted octanol–water partition coefficient (Wildman–Crippen LogP) is 8.05. The molecular formula is C58H73N17O9. The normalized spacial score (nSPS) is 12.0. The van der Waals surface area contributed by atoms with Gasteiger partial charge in [0.1, 0.15) is 46.2 Å². The summed E-state index contributed by atoms with van der Waals surface area (Å²) in [6.45, 7) is 7.95. The molecule has 9 heterocycles. The molecule has 0 aromatic carbocycles. The smallest absolute Gasteiger partial charge is 0.237 e. The average Bonchev–Trinajstić information content (AvgIpc) is 4.45. The molecule has 8 N–H and O–H groups in total. The van der Waals surface area contributed by atoms with Crippen molar-refractivity contribution in [3.05, 3.63) is 114 Å². The molecule has 0 bridgehead atoms. The number of carbonyl (C=O) groups excluding carboxylic acids is 3. The van der Waals surface area contributed by atoms with Crippen LogP contribution in [0.2, 0.25) is 0 Å². The van der Waals surface area contributed by atoms with Crippen LogP contribution in [0.3, 0.4) is 0 Å². The molecule has 84 heavy (non-hydrogen) atoms. The van der Waals surface area contributed by atoms with Gasteiger partial charge in [0.25, 0.3) is 0 Å². The largest absolute Gasteiger partial charge is 0.480 e. The molecule has 0 fully saturated rings. The molecule has 9 aromatic heterocycles. The van der Waals surface area contributed by atoms with Gasteiger partial charge in [0, 0.05) is 95.7 Å². The van der Waals surface area contributed by atoms with Crippen LogP contribution in [-0.4, -0.2) is 147 Å². The second-order valence-electron chi connectivity index (χ2n) is 19.7. The Balaban J connectivity index is 0.000000181.